The summed E-state index contributed by atoms with van der Waals surface area (Å²) in [4.78, 5) is 12.7. The molecule has 0 atom stereocenters. The van der Waals surface area contributed by atoms with Crippen molar-refractivity contribution < 1.29 is 14.3 Å². The minimum Gasteiger partial charge on any atom is -0.493 e. The summed E-state index contributed by atoms with van der Waals surface area (Å²) < 4.78 is 12.5. The second kappa shape index (κ2) is 11.2. The highest BCUT2D eigenvalue weighted by Crippen LogP contribution is 2.37. The molecule has 0 aliphatic heterocycles. The molecule has 0 unspecified atom stereocenters. The zero-order valence-electron chi connectivity index (χ0n) is 18.4. The van der Waals surface area contributed by atoms with Gasteiger partial charge in [0.2, 0.25) is 0 Å². The van der Waals surface area contributed by atoms with Gasteiger partial charge in [-0.15, -0.1) is 0 Å². The first-order valence-corrected chi connectivity index (χ1v) is 11.5. The second-order valence-corrected chi connectivity index (χ2v) is 9.04. The highest BCUT2D eigenvalue weighted by molar-refractivity contribution is 14.1. The molecule has 1 amide bonds. The van der Waals surface area contributed by atoms with Crippen molar-refractivity contribution in [3.8, 4) is 17.6 Å². The molecule has 168 valence electrons. The van der Waals surface area contributed by atoms with Crippen LogP contribution < -0.4 is 14.8 Å². The van der Waals surface area contributed by atoms with Crippen LogP contribution in [-0.4, -0.2) is 13.0 Å². The first kappa shape index (κ1) is 24.6. The lowest BCUT2D eigenvalue weighted by Crippen LogP contribution is -2.14. The van der Waals surface area contributed by atoms with Gasteiger partial charge < -0.3 is 14.8 Å². The van der Waals surface area contributed by atoms with E-state index >= 15 is 0 Å². The van der Waals surface area contributed by atoms with Crippen molar-refractivity contribution in [2.45, 2.75) is 20.5 Å². The maximum atomic E-state index is 12.7. The molecule has 1 N–H and O–H groups in total. The Hall–Kier alpha value is -3.02. The van der Waals surface area contributed by atoms with Gasteiger partial charge in [-0.25, -0.2) is 0 Å². The number of anilines is 1. The van der Waals surface area contributed by atoms with E-state index in [9.17, 15) is 10.1 Å². The fraction of sp³-hybridized carbons (Fsp3) is 0.154. The summed E-state index contributed by atoms with van der Waals surface area (Å²) in [5.74, 6) is 0.304. The standard InChI is InChI=1S/C26H22ClIN2O3/c1-16-4-9-23(17(2)10-16)30-26(31)20(14-29)11-19-12-22(27)25(24(13-19)32-3)33-15-18-5-7-21(28)8-6-18/h4-13H,15H2,1-3H3,(H,30,31)/b20-11+. The van der Waals surface area contributed by atoms with E-state index in [1.165, 1.54) is 13.2 Å². The molecule has 0 fully saturated rings. The van der Waals surface area contributed by atoms with Gasteiger partial charge >= 0.3 is 0 Å². The van der Waals surface area contributed by atoms with Gasteiger partial charge in [-0.1, -0.05) is 41.4 Å². The number of benzene rings is 3. The van der Waals surface area contributed by atoms with Crippen molar-refractivity contribution in [1.82, 2.24) is 0 Å². The summed E-state index contributed by atoms with van der Waals surface area (Å²) in [6.45, 7) is 4.20. The predicted molar refractivity (Wildman–Crippen MR) is 140 cm³/mol. The average molecular weight is 573 g/mol. The van der Waals surface area contributed by atoms with Gasteiger partial charge in [-0.3, -0.25) is 4.79 Å². The van der Waals surface area contributed by atoms with E-state index in [0.29, 0.717) is 34.4 Å². The molecule has 33 heavy (non-hydrogen) atoms. The highest BCUT2D eigenvalue weighted by Gasteiger charge is 2.15. The average Bonchev–Trinajstić information content (AvgIpc) is 2.79. The van der Waals surface area contributed by atoms with Gasteiger partial charge in [-0.05, 0) is 89.5 Å². The molecule has 7 heteroatoms. The van der Waals surface area contributed by atoms with E-state index in [0.717, 1.165) is 20.3 Å². The molecule has 0 saturated heterocycles. The van der Waals surface area contributed by atoms with Crippen molar-refractivity contribution >= 4 is 51.9 Å². The summed E-state index contributed by atoms with van der Waals surface area (Å²) in [6.07, 6.45) is 1.47. The van der Waals surface area contributed by atoms with Gasteiger partial charge in [0.1, 0.15) is 18.2 Å². The molecule has 0 saturated carbocycles. The monoisotopic (exact) mass is 572 g/mol. The van der Waals surface area contributed by atoms with E-state index in [-0.39, 0.29) is 5.57 Å². The highest BCUT2D eigenvalue weighted by atomic mass is 127. The maximum Gasteiger partial charge on any atom is 0.266 e. The maximum absolute atomic E-state index is 12.7. The first-order valence-electron chi connectivity index (χ1n) is 10.1. The van der Waals surface area contributed by atoms with Gasteiger partial charge in [0.25, 0.3) is 5.91 Å². The van der Waals surface area contributed by atoms with Crippen LogP contribution in [0, 0.1) is 28.7 Å². The van der Waals surface area contributed by atoms with Gasteiger partial charge in [0.05, 0.1) is 12.1 Å². The molecule has 3 aromatic rings. The lowest BCUT2D eigenvalue weighted by atomic mass is 10.1. The number of methoxy groups -OCH3 is 1. The molecular formula is C26H22ClIN2O3. The quantitative estimate of drug-likeness (QED) is 0.194. The number of nitrogens with one attached hydrogen (secondary N) is 1. The van der Waals surface area contributed by atoms with Crippen LogP contribution >= 0.6 is 34.2 Å². The van der Waals surface area contributed by atoms with Crippen LogP contribution in [-0.2, 0) is 11.4 Å². The molecule has 0 spiro atoms. The fourth-order valence-corrected chi connectivity index (χ4v) is 3.79. The number of nitriles is 1. The largest absolute Gasteiger partial charge is 0.493 e. The van der Waals surface area contributed by atoms with Crippen molar-refractivity contribution in [2.75, 3.05) is 12.4 Å². The third kappa shape index (κ3) is 6.50. The number of carbonyl (C=O) groups excluding carboxylic acids is 1. The number of halogens is 2. The van der Waals surface area contributed by atoms with Crippen molar-refractivity contribution in [3.63, 3.8) is 0 Å². The Labute approximate surface area is 212 Å². The molecule has 0 bridgehead atoms. The van der Waals surface area contributed by atoms with E-state index in [1.807, 2.05) is 62.4 Å². The number of ether oxygens (including phenoxy) is 2. The Morgan fingerprint density at radius 1 is 1.15 bits per heavy atom. The van der Waals surface area contributed by atoms with Crippen LogP contribution in [0.5, 0.6) is 11.5 Å². The normalized spacial score (nSPS) is 11.0. The molecule has 0 aliphatic carbocycles. The predicted octanol–water partition coefficient (Wildman–Crippen LogP) is 6.69. The third-order valence-electron chi connectivity index (χ3n) is 4.85. The van der Waals surface area contributed by atoms with Crippen molar-refractivity contribution in [2.24, 2.45) is 0 Å². The van der Waals surface area contributed by atoms with Gasteiger partial charge in [0, 0.05) is 9.26 Å². The van der Waals surface area contributed by atoms with Crippen molar-refractivity contribution in [1.29, 1.82) is 5.26 Å². The summed E-state index contributed by atoms with van der Waals surface area (Å²) in [5.41, 5.74) is 4.15. The summed E-state index contributed by atoms with van der Waals surface area (Å²) >= 11 is 8.70. The summed E-state index contributed by atoms with van der Waals surface area (Å²) in [5, 5.41) is 12.7. The van der Waals surface area contributed by atoms with E-state index in [1.54, 1.807) is 12.1 Å². The minimum absolute atomic E-state index is 0.0550. The minimum atomic E-state index is -0.501. The van der Waals surface area contributed by atoms with Crippen LogP contribution in [0.2, 0.25) is 5.02 Å². The SMILES string of the molecule is COc1cc(/C=C(\C#N)C(=O)Nc2ccc(C)cc2C)cc(Cl)c1OCc1ccc(I)cc1. The number of rotatable bonds is 7. The topological polar surface area (TPSA) is 71.3 Å². The molecule has 3 rings (SSSR count). The third-order valence-corrected chi connectivity index (χ3v) is 5.85. The molecular weight excluding hydrogens is 551 g/mol. The van der Waals surface area contributed by atoms with E-state index in [4.69, 9.17) is 21.1 Å². The number of aryl methyl sites for hydroxylation is 2. The molecule has 0 aliphatic rings. The van der Waals surface area contributed by atoms with E-state index < -0.39 is 5.91 Å². The van der Waals surface area contributed by atoms with Crippen LogP contribution in [0.15, 0.2) is 60.2 Å². The fourth-order valence-electron chi connectivity index (χ4n) is 3.16. The Morgan fingerprint density at radius 2 is 1.88 bits per heavy atom. The van der Waals surface area contributed by atoms with Crippen LogP contribution in [0.25, 0.3) is 6.08 Å². The molecule has 3 aromatic carbocycles. The smallest absolute Gasteiger partial charge is 0.266 e. The molecule has 5 nitrogen and oxygen atoms in total. The van der Waals surface area contributed by atoms with Crippen molar-refractivity contribution in [3.05, 3.63) is 91.0 Å². The Balaban J connectivity index is 1.82. The Morgan fingerprint density at radius 3 is 2.52 bits per heavy atom. The molecule has 0 heterocycles. The Kier molecular flexibility index (Phi) is 8.37. The number of hydrogen-bond acceptors (Lipinski definition) is 4. The summed E-state index contributed by atoms with van der Waals surface area (Å²) in [6, 6.07) is 18.9. The van der Waals surface area contributed by atoms with E-state index in [2.05, 4.69) is 27.9 Å². The molecule has 0 aromatic heterocycles. The zero-order valence-corrected chi connectivity index (χ0v) is 21.3. The number of amides is 1. The van der Waals surface area contributed by atoms with Crippen LogP contribution in [0.3, 0.4) is 0 Å². The lowest BCUT2D eigenvalue weighted by molar-refractivity contribution is -0.112. The lowest BCUT2D eigenvalue weighted by Gasteiger charge is -2.14. The summed E-state index contributed by atoms with van der Waals surface area (Å²) in [7, 11) is 1.51. The van der Waals surface area contributed by atoms with Crippen LogP contribution in [0.1, 0.15) is 22.3 Å². The number of hydrogen-bond donors (Lipinski definition) is 1. The molecule has 0 radical (unpaired) electrons. The van der Waals surface area contributed by atoms with Gasteiger partial charge in [-0.2, -0.15) is 5.26 Å². The van der Waals surface area contributed by atoms with Gasteiger partial charge in [0.15, 0.2) is 11.5 Å². The Bertz CT molecular complexity index is 1250. The number of nitrogens with zero attached hydrogens (tertiary/aromatic N) is 1. The first-order chi connectivity index (χ1) is 15.8. The van der Waals surface area contributed by atoms with Crippen LogP contribution in [0.4, 0.5) is 5.69 Å². The number of carbonyl (C=O) groups is 1. The second-order valence-electron chi connectivity index (χ2n) is 7.39. The zero-order chi connectivity index (χ0) is 24.0.